The molecule has 2 aromatic carbocycles. The van der Waals surface area contributed by atoms with Crippen molar-refractivity contribution in [2.45, 2.75) is 26.2 Å². The summed E-state index contributed by atoms with van der Waals surface area (Å²) in [6.07, 6.45) is 1.11. The maximum Gasteiger partial charge on any atom is 0.339 e. The van der Waals surface area contributed by atoms with Crippen molar-refractivity contribution in [1.82, 2.24) is 0 Å². The van der Waals surface area contributed by atoms with Crippen molar-refractivity contribution in [3.63, 3.8) is 0 Å². The Labute approximate surface area is 148 Å². The van der Waals surface area contributed by atoms with Crippen LogP contribution in [-0.4, -0.2) is 18.2 Å². The fourth-order valence-electron chi connectivity index (χ4n) is 2.30. The van der Waals surface area contributed by atoms with E-state index in [1.165, 1.54) is 12.7 Å². The fourth-order valence-corrected chi connectivity index (χ4v) is 2.52. The largest absolute Gasteiger partial charge is 0.465 e. The summed E-state index contributed by atoms with van der Waals surface area (Å²) in [5, 5.41) is 6.59. The van der Waals surface area contributed by atoms with Gasteiger partial charge < -0.3 is 15.4 Å². The lowest BCUT2D eigenvalue weighted by molar-refractivity contribution is 0.0602. The Morgan fingerprint density at radius 2 is 1.79 bits per heavy atom. The third-order valence-electron chi connectivity index (χ3n) is 3.93. The monoisotopic (exact) mass is 342 g/mol. The van der Waals surface area contributed by atoms with Crippen LogP contribution >= 0.6 is 12.2 Å². The second-order valence-corrected chi connectivity index (χ2v) is 5.96. The van der Waals surface area contributed by atoms with Crippen LogP contribution in [0.25, 0.3) is 0 Å². The van der Waals surface area contributed by atoms with E-state index >= 15 is 0 Å². The molecule has 0 heterocycles. The molecule has 0 radical (unpaired) electrons. The zero-order valence-electron chi connectivity index (χ0n) is 14.1. The molecule has 0 amide bonds. The summed E-state index contributed by atoms with van der Waals surface area (Å²) >= 11 is 5.33. The van der Waals surface area contributed by atoms with Crippen LogP contribution in [0.5, 0.6) is 0 Å². The number of nitrogens with one attached hydrogen (secondary N) is 2. The summed E-state index contributed by atoms with van der Waals surface area (Å²) in [6, 6.07) is 15.3. The predicted octanol–water partition coefficient (Wildman–Crippen LogP) is 4.80. The smallest absolute Gasteiger partial charge is 0.339 e. The minimum absolute atomic E-state index is 0.404. The van der Waals surface area contributed by atoms with Crippen molar-refractivity contribution in [2.75, 3.05) is 17.7 Å². The molecule has 2 N–H and O–H groups in total. The van der Waals surface area contributed by atoms with Crippen molar-refractivity contribution < 1.29 is 9.53 Å². The van der Waals surface area contributed by atoms with E-state index in [4.69, 9.17) is 17.0 Å². The molecule has 4 nitrogen and oxygen atoms in total. The van der Waals surface area contributed by atoms with Crippen LogP contribution in [0.3, 0.4) is 0 Å². The number of carbonyl (C=O) groups excluding carboxylic acids is 1. The number of rotatable bonds is 5. The van der Waals surface area contributed by atoms with Gasteiger partial charge in [0, 0.05) is 5.69 Å². The van der Waals surface area contributed by atoms with Crippen molar-refractivity contribution in [3.05, 3.63) is 59.7 Å². The number of methoxy groups -OCH3 is 1. The maximum absolute atomic E-state index is 11.8. The molecule has 0 saturated carbocycles. The average molecular weight is 342 g/mol. The molecule has 0 bridgehead atoms. The third-order valence-corrected chi connectivity index (χ3v) is 4.13. The zero-order chi connectivity index (χ0) is 17.5. The third kappa shape index (κ3) is 4.55. The second kappa shape index (κ2) is 8.45. The Morgan fingerprint density at radius 3 is 2.42 bits per heavy atom. The molecule has 0 saturated heterocycles. The number of hydrogen-bond acceptors (Lipinski definition) is 3. The van der Waals surface area contributed by atoms with Crippen molar-refractivity contribution >= 4 is 34.7 Å². The Morgan fingerprint density at radius 1 is 1.12 bits per heavy atom. The molecule has 1 atom stereocenters. The minimum Gasteiger partial charge on any atom is -0.465 e. The zero-order valence-corrected chi connectivity index (χ0v) is 14.9. The lowest BCUT2D eigenvalue weighted by atomic mass is 9.99. The molecule has 1 unspecified atom stereocenters. The molecular formula is C19H22N2O2S. The van der Waals surface area contributed by atoms with Crippen LogP contribution in [0, 0.1) is 0 Å². The predicted molar refractivity (Wildman–Crippen MR) is 103 cm³/mol. The molecule has 0 aromatic heterocycles. The van der Waals surface area contributed by atoms with Gasteiger partial charge in [-0.05, 0) is 54.4 Å². The summed E-state index contributed by atoms with van der Waals surface area (Å²) in [4.78, 5) is 11.8. The van der Waals surface area contributed by atoms with Gasteiger partial charge in [-0.15, -0.1) is 0 Å². The minimum atomic E-state index is -0.404. The first-order valence-electron chi connectivity index (χ1n) is 7.90. The molecule has 2 aromatic rings. The number of para-hydroxylation sites is 1. The van der Waals surface area contributed by atoms with Gasteiger partial charge in [0.15, 0.2) is 5.11 Å². The molecule has 0 fully saturated rings. The topological polar surface area (TPSA) is 50.4 Å². The van der Waals surface area contributed by atoms with E-state index in [-0.39, 0.29) is 0 Å². The van der Waals surface area contributed by atoms with Gasteiger partial charge in [0.2, 0.25) is 0 Å². The number of anilines is 2. The number of benzene rings is 2. The first kappa shape index (κ1) is 17.9. The van der Waals surface area contributed by atoms with E-state index < -0.39 is 5.97 Å². The van der Waals surface area contributed by atoms with Gasteiger partial charge in [-0.25, -0.2) is 4.79 Å². The van der Waals surface area contributed by atoms with Gasteiger partial charge >= 0.3 is 5.97 Å². The van der Waals surface area contributed by atoms with E-state index in [9.17, 15) is 4.79 Å². The lowest BCUT2D eigenvalue weighted by Crippen LogP contribution is -2.20. The Kier molecular flexibility index (Phi) is 6.32. The Bertz CT molecular complexity index is 714. The maximum atomic E-state index is 11.8. The summed E-state index contributed by atoms with van der Waals surface area (Å²) in [7, 11) is 1.36. The highest BCUT2D eigenvalue weighted by molar-refractivity contribution is 7.80. The van der Waals surface area contributed by atoms with Gasteiger partial charge in [0.1, 0.15) is 0 Å². The SMILES string of the molecule is CCC(C)c1ccc(NC(=S)Nc2ccccc2C(=O)OC)cc1. The van der Waals surface area contributed by atoms with Gasteiger partial charge in [-0.1, -0.05) is 38.1 Å². The molecule has 0 spiro atoms. The number of carbonyl (C=O) groups is 1. The molecule has 126 valence electrons. The number of ether oxygens (including phenoxy) is 1. The van der Waals surface area contributed by atoms with Crippen LogP contribution in [0.4, 0.5) is 11.4 Å². The van der Waals surface area contributed by atoms with Gasteiger partial charge in [-0.3, -0.25) is 0 Å². The number of esters is 1. The van der Waals surface area contributed by atoms with Crippen LogP contribution in [0.2, 0.25) is 0 Å². The molecule has 24 heavy (non-hydrogen) atoms. The molecule has 0 aliphatic rings. The van der Waals surface area contributed by atoms with Gasteiger partial charge in [0.05, 0.1) is 18.4 Å². The summed E-state index contributed by atoms with van der Waals surface area (Å²) in [5.74, 6) is 0.134. The van der Waals surface area contributed by atoms with Crippen LogP contribution < -0.4 is 10.6 Å². The molecular weight excluding hydrogens is 320 g/mol. The molecule has 0 aliphatic heterocycles. The molecule has 5 heteroatoms. The van der Waals surface area contributed by atoms with Crippen molar-refractivity contribution in [1.29, 1.82) is 0 Å². The quantitative estimate of drug-likeness (QED) is 0.604. The highest BCUT2D eigenvalue weighted by Gasteiger charge is 2.12. The lowest BCUT2D eigenvalue weighted by Gasteiger charge is -2.14. The van der Waals surface area contributed by atoms with Crippen LogP contribution in [-0.2, 0) is 4.74 Å². The Balaban J connectivity index is 2.05. The van der Waals surface area contributed by atoms with Gasteiger partial charge in [-0.2, -0.15) is 0 Å². The standard InChI is InChI=1S/C19H22N2O2S/c1-4-13(2)14-9-11-15(12-10-14)20-19(24)21-17-8-6-5-7-16(17)18(22)23-3/h5-13H,4H2,1-3H3,(H2,20,21,24). The van der Waals surface area contributed by atoms with E-state index in [0.717, 1.165) is 12.1 Å². The van der Waals surface area contributed by atoms with E-state index in [1.807, 2.05) is 18.2 Å². The fraction of sp³-hybridized carbons (Fsp3) is 0.263. The summed E-state index contributed by atoms with van der Waals surface area (Å²) in [5.41, 5.74) is 3.25. The normalized spacial score (nSPS) is 11.5. The van der Waals surface area contributed by atoms with Crippen LogP contribution in [0.15, 0.2) is 48.5 Å². The van der Waals surface area contributed by atoms with E-state index in [0.29, 0.717) is 22.3 Å². The van der Waals surface area contributed by atoms with E-state index in [1.54, 1.807) is 18.2 Å². The summed E-state index contributed by atoms with van der Waals surface area (Å²) < 4.78 is 4.78. The van der Waals surface area contributed by atoms with Crippen LogP contribution in [0.1, 0.15) is 42.1 Å². The Hall–Kier alpha value is -2.40. The summed E-state index contributed by atoms with van der Waals surface area (Å²) in [6.45, 7) is 4.38. The second-order valence-electron chi connectivity index (χ2n) is 5.55. The number of thiocarbonyl (C=S) groups is 1. The van der Waals surface area contributed by atoms with E-state index in [2.05, 4.69) is 36.6 Å². The first-order valence-corrected chi connectivity index (χ1v) is 8.31. The average Bonchev–Trinajstić information content (AvgIpc) is 2.61. The van der Waals surface area contributed by atoms with Gasteiger partial charge in [0.25, 0.3) is 0 Å². The van der Waals surface area contributed by atoms with Crippen molar-refractivity contribution in [2.24, 2.45) is 0 Å². The van der Waals surface area contributed by atoms with Crippen molar-refractivity contribution in [3.8, 4) is 0 Å². The first-order chi connectivity index (χ1) is 11.5. The number of hydrogen-bond donors (Lipinski definition) is 2. The molecule has 0 aliphatic carbocycles. The molecule has 2 rings (SSSR count). The highest BCUT2D eigenvalue weighted by Crippen LogP contribution is 2.21. The highest BCUT2D eigenvalue weighted by atomic mass is 32.1.